The minimum atomic E-state index is -0.264. The number of rotatable bonds is 5. The second-order valence-corrected chi connectivity index (χ2v) is 5.84. The van der Waals surface area contributed by atoms with Gasteiger partial charge in [0.15, 0.2) is 0 Å². The van der Waals surface area contributed by atoms with Crippen LogP contribution in [0.4, 0.5) is 0 Å². The standard InChI is InChI=1S/C17H24N4O3/c1-3-4-6-19-16(23)15-12-14(5-7-18-15)17(24)21-10-8-20(9-11-21)13(2)22/h5,7,12H,3-4,6,8-11H2,1-2H3,(H,19,23). The number of pyridine rings is 1. The van der Waals surface area contributed by atoms with E-state index in [9.17, 15) is 14.4 Å². The molecular formula is C17H24N4O3. The fourth-order valence-corrected chi connectivity index (χ4v) is 2.56. The Morgan fingerprint density at radius 2 is 1.83 bits per heavy atom. The van der Waals surface area contributed by atoms with Crippen molar-refractivity contribution in [1.29, 1.82) is 0 Å². The molecule has 130 valence electrons. The minimum absolute atomic E-state index is 0.0250. The molecule has 1 saturated heterocycles. The van der Waals surface area contributed by atoms with Crippen molar-refractivity contribution >= 4 is 17.7 Å². The molecule has 7 heteroatoms. The van der Waals surface area contributed by atoms with Gasteiger partial charge in [-0.05, 0) is 18.6 Å². The summed E-state index contributed by atoms with van der Waals surface area (Å²) in [5.74, 6) is -0.375. The molecule has 0 spiro atoms. The molecule has 0 unspecified atom stereocenters. The number of piperazine rings is 1. The Labute approximate surface area is 142 Å². The van der Waals surface area contributed by atoms with Gasteiger partial charge in [0.05, 0.1) is 0 Å². The van der Waals surface area contributed by atoms with E-state index < -0.39 is 0 Å². The highest BCUT2D eigenvalue weighted by Gasteiger charge is 2.23. The first-order chi connectivity index (χ1) is 11.5. The van der Waals surface area contributed by atoms with Gasteiger partial charge in [0, 0.05) is 51.4 Å². The summed E-state index contributed by atoms with van der Waals surface area (Å²) in [4.78, 5) is 43.4. The molecule has 0 atom stereocenters. The Morgan fingerprint density at radius 1 is 1.17 bits per heavy atom. The van der Waals surface area contributed by atoms with Gasteiger partial charge in [0.1, 0.15) is 5.69 Å². The number of carbonyl (C=O) groups is 3. The smallest absolute Gasteiger partial charge is 0.269 e. The lowest BCUT2D eigenvalue weighted by Gasteiger charge is -2.34. The third-order valence-corrected chi connectivity index (χ3v) is 4.07. The maximum atomic E-state index is 12.6. The van der Waals surface area contributed by atoms with E-state index in [0.29, 0.717) is 38.3 Å². The zero-order chi connectivity index (χ0) is 17.5. The minimum Gasteiger partial charge on any atom is -0.351 e. The van der Waals surface area contributed by atoms with Crippen molar-refractivity contribution in [3.8, 4) is 0 Å². The van der Waals surface area contributed by atoms with Gasteiger partial charge in [0.25, 0.3) is 11.8 Å². The quantitative estimate of drug-likeness (QED) is 0.813. The maximum Gasteiger partial charge on any atom is 0.269 e. The molecule has 2 heterocycles. The van der Waals surface area contributed by atoms with E-state index in [1.807, 2.05) is 0 Å². The van der Waals surface area contributed by atoms with Gasteiger partial charge in [-0.15, -0.1) is 0 Å². The van der Waals surface area contributed by atoms with Crippen LogP contribution in [-0.4, -0.2) is 65.2 Å². The summed E-state index contributed by atoms with van der Waals surface area (Å²) < 4.78 is 0. The maximum absolute atomic E-state index is 12.6. The van der Waals surface area contributed by atoms with Gasteiger partial charge in [-0.25, -0.2) is 0 Å². The molecule has 0 saturated carbocycles. The molecule has 24 heavy (non-hydrogen) atoms. The number of amides is 3. The fraction of sp³-hybridized carbons (Fsp3) is 0.529. The number of aromatic nitrogens is 1. The van der Waals surface area contributed by atoms with E-state index in [1.54, 1.807) is 15.9 Å². The summed E-state index contributed by atoms with van der Waals surface area (Å²) in [5.41, 5.74) is 0.696. The molecule has 1 aliphatic heterocycles. The highest BCUT2D eigenvalue weighted by Crippen LogP contribution is 2.10. The number of nitrogens with one attached hydrogen (secondary N) is 1. The van der Waals surface area contributed by atoms with Crippen molar-refractivity contribution in [2.75, 3.05) is 32.7 Å². The second kappa shape index (κ2) is 8.42. The van der Waals surface area contributed by atoms with Crippen LogP contribution in [0.5, 0.6) is 0 Å². The third kappa shape index (κ3) is 4.53. The first kappa shape index (κ1) is 17.9. The molecule has 1 N–H and O–H groups in total. The number of carbonyl (C=O) groups excluding carboxylic acids is 3. The Kier molecular flexibility index (Phi) is 6.28. The van der Waals surface area contributed by atoms with Crippen LogP contribution in [0.1, 0.15) is 47.5 Å². The average molecular weight is 332 g/mol. The van der Waals surface area contributed by atoms with Gasteiger partial charge >= 0.3 is 0 Å². The van der Waals surface area contributed by atoms with Gasteiger partial charge < -0.3 is 15.1 Å². The molecule has 1 aromatic heterocycles. The van der Waals surface area contributed by atoms with Crippen molar-refractivity contribution in [1.82, 2.24) is 20.1 Å². The molecule has 2 rings (SSSR count). The third-order valence-electron chi connectivity index (χ3n) is 4.07. The average Bonchev–Trinajstić information content (AvgIpc) is 2.61. The first-order valence-corrected chi connectivity index (χ1v) is 8.32. The second-order valence-electron chi connectivity index (χ2n) is 5.84. The zero-order valence-electron chi connectivity index (χ0n) is 14.2. The van der Waals surface area contributed by atoms with E-state index in [-0.39, 0.29) is 23.4 Å². The van der Waals surface area contributed by atoms with Gasteiger partial charge in [0.2, 0.25) is 5.91 Å². The van der Waals surface area contributed by atoms with Crippen molar-refractivity contribution < 1.29 is 14.4 Å². The van der Waals surface area contributed by atoms with E-state index in [2.05, 4.69) is 17.2 Å². The van der Waals surface area contributed by atoms with Crippen molar-refractivity contribution in [2.24, 2.45) is 0 Å². The van der Waals surface area contributed by atoms with E-state index in [4.69, 9.17) is 0 Å². The topological polar surface area (TPSA) is 82.6 Å². The summed E-state index contributed by atoms with van der Waals surface area (Å²) in [6.45, 7) is 6.26. The predicted molar refractivity (Wildman–Crippen MR) is 89.6 cm³/mol. The monoisotopic (exact) mass is 332 g/mol. The molecule has 0 aliphatic carbocycles. The highest BCUT2D eigenvalue weighted by molar-refractivity contribution is 5.98. The van der Waals surface area contributed by atoms with Crippen LogP contribution in [-0.2, 0) is 4.79 Å². The van der Waals surface area contributed by atoms with Crippen LogP contribution < -0.4 is 5.32 Å². The normalized spacial score (nSPS) is 14.4. The Hall–Kier alpha value is -2.44. The van der Waals surface area contributed by atoms with Crippen molar-refractivity contribution in [3.63, 3.8) is 0 Å². The molecule has 1 aromatic rings. The number of unbranched alkanes of at least 4 members (excludes halogenated alkanes) is 1. The summed E-state index contributed by atoms with van der Waals surface area (Å²) in [6.07, 6.45) is 3.39. The number of hydrogen-bond donors (Lipinski definition) is 1. The fourth-order valence-electron chi connectivity index (χ4n) is 2.56. The van der Waals surface area contributed by atoms with Gasteiger partial charge in [-0.1, -0.05) is 13.3 Å². The molecule has 3 amide bonds. The van der Waals surface area contributed by atoms with E-state index >= 15 is 0 Å². The van der Waals surface area contributed by atoms with Crippen LogP contribution >= 0.6 is 0 Å². The summed E-state index contributed by atoms with van der Waals surface area (Å²) in [5, 5.41) is 2.79. The summed E-state index contributed by atoms with van der Waals surface area (Å²) in [7, 11) is 0. The van der Waals surface area contributed by atoms with Crippen molar-refractivity contribution in [2.45, 2.75) is 26.7 Å². The molecular weight excluding hydrogens is 308 g/mol. The van der Waals surface area contributed by atoms with Gasteiger partial charge in [-0.3, -0.25) is 19.4 Å². The van der Waals surface area contributed by atoms with Crippen LogP contribution in [0.15, 0.2) is 18.3 Å². The SMILES string of the molecule is CCCCNC(=O)c1cc(C(=O)N2CCN(C(C)=O)CC2)ccn1. The van der Waals surface area contributed by atoms with E-state index in [1.165, 1.54) is 19.2 Å². The van der Waals surface area contributed by atoms with Crippen LogP contribution in [0.2, 0.25) is 0 Å². The lowest BCUT2D eigenvalue weighted by atomic mass is 10.1. The lowest BCUT2D eigenvalue weighted by Crippen LogP contribution is -2.50. The predicted octanol–water partition coefficient (Wildman–Crippen LogP) is 0.916. The Morgan fingerprint density at radius 3 is 2.46 bits per heavy atom. The van der Waals surface area contributed by atoms with Crippen LogP contribution in [0.25, 0.3) is 0 Å². The zero-order valence-corrected chi connectivity index (χ0v) is 14.2. The van der Waals surface area contributed by atoms with Crippen LogP contribution in [0, 0.1) is 0 Å². The number of nitrogens with zero attached hydrogens (tertiary/aromatic N) is 3. The Bertz CT molecular complexity index is 610. The number of hydrogen-bond acceptors (Lipinski definition) is 4. The summed E-state index contributed by atoms with van der Waals surface area (Å²) in [6, 6.07) is 3.14. The van der Waals surface area contributed by atoms with E-state index in [0.717, 1.165) is 12.8 Å². The highest BCUT2D eigenvalue weighted by atomic mass is 16.2. The molecule has 0 bridgehead atoms. The van der Waals surface area contributed by atoms with Gasteiger partial charge in [-0.2, -0.15) is 0 Å². The molecule has 0 aromatic carbocycles. The Balaban J connectivity index is 1.99. The first-order valence-electron chi connectivity index (χ1n) is 8.32. The largest absolute Gasteiger partial charge is 0.351 e. The summed E-state index contributed by atoms with van der Waals surface area (Å²) >= 11 is 0. The van der Waals surface area contributed by atoms with Crippen molar-refractivity contribution in [3.05, 3.63) is 29.6 Å². The molecule has 1 fully saturated rings. The molecule has 7 nitrogen and oxygen atoms in total. The lowest BCUT2D eigenvalue weighted by molar-refractivity contribution is -0.130. The van der Waals surface area contributed by atoms with Crippen LogP contribution in [0.3, 0.4) is 0 Å². The molecule has 1 aliphatic rings. The molecule has 0 radical (unpaired) electrons.